The van der Waals surface area contributed by atoms with Crippen LogP contribution in [0, 0.1) is 0 Å². The summed E-state index contributed by atoms with van der Waals surface area (Å²) < 4.78 is 5.57. The third-order valence-corrected chi connectivity index (χ3v) is 6.92. The molecule has 5 rings (SSSR count). The monoisotopic (exact) mass is 478 g/mol. The molecular formula is C27H24Cl2N2O2. The Kier molecular flexibility index (Phi) is 6.05. The topological polar surface area (TPSA) is 50.4 Å². The molecule has 3 aromatic carbocycles. The number of Topliss-reactive ketones (excluding diaryl/α,β-unsaturated/α-hetero) is 1. The van der Waals surface area contributed by atoms with Crippen LogP contribution in [0.2, 0.25) is 10.0 Å². The first kappa shape index (κ1) is 21.9. The average molecular weight is 479 g/mol. The molecule has 1 aliphatic carbocycles. The van der Waals surface area contributed by atoms with Crippen molar-refractivity contribution in [2.24, 2.45) is 0 Å². The third kappa shape index (κ3) is 4.21. The highest BCUT2D eigenvalue weighted by molar-refractivity contribution is 6.36. The zero-order valence-corrected chi connectivity index (χ0v) is 19.7. The number of ether oxygens (including phenoxy) is 1. The van der Waals surface area contributed by atoms with Crippen molar-refractivity contribution in [3.8, 4) is 5.75 Å². The minimum absolute atomic E-state index is 0.0760. The summed E-state index contributed by atoms with van der Waals surface area (Å²) >= 11 is 13.2. The number of allylic oxidation sites excluding steroid dienone is 1. The molecule has 2 atom stereocenters. The second-order valence-electron chi connectivity index (χ2n) is 8.31. The van der Waals surface area contributed by atoms with Crippen molar-refractivity contribution in [3.63, 3.8) is 0 Å². The van der Waals surface area contributed by atoms with Gasteiger partial charge in [-0.25, -0.2) is 0 Å². The minimum Gasteiger partial charge on any atom is -0.494 e. The van der Waals surface area contributed by atoms with E-state index in [1.165, 1.54) is 0 Å². The molecule has 1 heterocycles. The molecule has 0 saturated carbocycles. The van der Waals surface area contributed by atoms with Crippen LogP contribution >= 0.6 is 23.2 Å². The van der Waals surface area contributed by atoms with Crippen molar-refractivity contribution in [2.45, 2.75) is 31.7 Å². The van der Waals surface area contributed by atoms with Crippen LogP contribution in [-0.4, -0.2) is 12.4 Å². The first-order valence-electron chi connectivity index (χ1n) is 11.1. The lowest BCUT2D eigenvalue weighted by atomic mass is 9.78. The van der Waals surface area contributed by atoms with Crippen molar-refractivity contribution in [1.82, 2.24) is 0 Å². The van der Waals surface area contributed by atoms with Crippen LogP contribution in [0.25, 0.3) is 0 Å². The number of nitrogens with one attached hydrogen (secondary N) is 2. The van der Waals surface area contributed by atoms with Gasteiger partial charge in [0.15, 0.2) is 5.78 Å². The van der Waals surface area contributed by atoms with Crippen LogP contribution in [0.15, 0.2) is 78.0 Å². The van der Waals surface area contributed by atoms with Crippen LogP contribution in [0.3, 0.4) is 0 Å². The second-order valence-corrected chi connectivity index (χ2v) is 9.12. The quantitative estimate of drug-likeness (QED) is 0.410. The first-order chi connectivity index (χ1) is 16.0. The van der Waals surface area contributed by atoms with E-state index < -0.39 is 6.04 Å². The van der Waals surface area contributed by atoms with E-state index in [1.807, 2.05) is 61.5 Å². The van der Waals surface area contributed by atoms with E-state index in [2.05, 4.69) is 22.8 Å². The number of hydrogen-bond donors (Lipinski definition) is 2. The average Bonchev–Trinajstić information content (AvgIpc) is 2.96. The molecule has 1 aliphatic heterocycles. The van der Waals surface area contributed by atoms with Gasteiger partial charge >= 0.3 is 0 Å². The van der Waals surface area contributed by atoms with Gasteiger partial charge in [0, 0.05) is 33.3 Å². The van der Waals surface area contributed by atoms with Crippen molar-refractivity contribution >= 4 is 40.4 Å². The van der Waals surface area contributed by atoms with Crippen LogP contribution in [-0.2, 0) is 4.79 Å². The van der Waals surface area contributed by atoms with Gasteiger partial charge in [-0.2, -0.15) is 0 Å². The van der Waals surface area contributed by atoms with Gasteiger partial charge in [-0.05, 0) is 61.2 Å². The summed E-state index contributed by atoms with van der Waals surface area (Å²) in [6, 6.07) is 21.0. The summed E-state index contributed by atoms with van der Waals surface area (Å²) in [5.74, 6) is 0.999. The first-order valence-corrected chi connectivity index (χ1v) is 11.9. The van der Waals surface area contributed by atoms with Gasteiger partial charge in [0.25, 0.3) is 0 Å². The van der Waals surface area contributed by atoms with Crippen LogP contribution in [0.5, 0.6) is 5.75 Å². The fourth-order valence-corrected chi connectivity index (χ4v) is 5.35. The Morgan fingerprint density at radius 2 is 1.61 bits per heavy atom. The number of halogens is 2. The summed E-state index contributed by atoms with van der Waals surface area (Å²) in [7, 11) is 0. The van der Waals surface area contributed by atoms with E-state index in [1.54, 1.807) is 0 Å². The molecule has 168 valence electrons. The van der Waals surface area contributed by atoms with E-state index in [-0.39, 0.29) is 11.7 Å². The van der Waals surface area contributed by atoms with E-state index >= 15 is 0 Å². The minimum atomic E-state index is -0.439. The molecule has 0 amide bonds. The number of hydrogen-bond acceptors (Lipinski definition) is 4. The van der Waals surface area contributed by atoms with E-state index in [9.17, 15) is 4.79 Å². The third-order valence-electron chi connectivity index (χ3n) is 6.26. The Labute approximate surface area is 203 Å². The standard InChI is InChI=1S/C27H24Cl2N2O2/c1-2-33-18-12-10-16(11-13-18)17-14-23-26(24(32)15-17)27(25-19(28)6-5-7-20(25)29)31-22-9-4-3-8-21(22)30-23/h3-13,17,27,30-31H,2,14-15H2,1H3. The van der Waals surface area contributed by atoms with Crippen molar-refractivity contribution in [2.75, 3.05) is 17.2 Å². The molecule has 0 fully saturated rings. The number of fused-ring (bicyclic) bond motifs is 1. The van der Waals surface area contributed by atoms with E-state index in [0.717, 1.165) is 33.9 Å². The maximum Gasteiger partial charge on any atom is 0.163 e. The molecule has 0 saturated heterocycles. The van der Waals surface area contributed by atoms with Crippen molar-refractivity contribution in [1.29, 1.82) is 0 Å². The maximum absolute atomic E-state index is 13.6. The molecular weight excluding hydrogens is 455 g/mol. The number of carbonyl (C=O) groups excluding carboxylic acids is 1. The fourth-order valence-electron chi connectivity index (χ4n) is 4.73. The highest BCUT2D eigenvalue weighted by Crippen LogP contribution is 2.46. The van der Waals surface area contributed by atoms with Crippen LogP contribution < -0.4 is 15.4 Å². The Balaban J connectivity index is 1.58. The van der Waals surface area contributed by atoms with E-state index in [4.69, 9.17) is 27.9 Å². The largest absolute Gasteiger partial charge is 0.494 e. The molecule has 2 unspecified atom stereocenters. The summed E-state index contributed by atoms with van der Waals surface area (Å²) in [5.41, 5.74) is 5.28. The molecule has 33 heavy (non-hydrogen) atoms. The molecule has 4 nitrogen and oxygen atoms in total. The SMILES string of the molecule is CCOc1ccc(C2CC(=O)C3=C(C2)Nc2ccccc2NC3c2c(Cl)cccc2Cl)cc1. The van der Waals surface area contributed by atoms with Crippen molar-refractivity contribution in [3.05, 3.63) is 99.2 Å². The number of benzene rings is 3. The molecule has 2 N–H and O–H groups in total. The number of anilines is 2. The molecule has 0 aromatic heterocycles. The molecule has 3 aromatic rings. The summed E-state index contributed by atoms with van der Waals surface area (Å²) in [6.45, 7) is 2.59. The Morgan fingerprint density at radius 3 is 2.30 bits per heavy atom. The predicted molar refractivity (Wildman–Crippen MR) is 135 cm³/mol. The predicted octanol–water partition coefficient (Wildman–Crippen LogP) is 7.37. The number of rotatable bonds is 4. The second kappa shape index (κ2) is 9.12. The summed E-state index contributed by atoms with van der Waals surface area (Å²) in [4.78, 5) is 13.6. The Morgan fingerprint density at radius 1 is 0.909 bits per heavy atom. The zero-order chi connectivity index (χ0) is 22.9. The Hall–Kier alpha value is -2.95. The lowest BCUT2D eigenvalue weighted by molar-refractivity contribution is -0.116. The molecule has 0 bridgehead atoms. The molecule has 6 heteroatoms. The number of ketones is 1. The highest BCUT2D eigenvalue weighted by Gasteiger charge is 2.37. The van der Waals surface area contributed by atoms with Gasteiger partial charge in [-0.3, -0.25) is 4.79 Å². The van der Waals surface area contributed by atoms with Gasteiger partial charge in [-0.1, -0.05) is 53.5 Å². The number of carbonyl (C=O) groups is 1. The highest BCUT2D eigenvalue weighted by atomic mass is 35.5. The van der Waals surface area contributed by atoms with Crippen molar-refractivity contribution < 1.29 is 9.53 Å². The number of para-hydroxylation sites is 2. The van der Waals surface area contributed by atoms with E-state index in [0.29, 0.717) is 35.1 Å². The van der Waals surface area contributed by atoms with Gasteiger partial charge < -0.3 is 15.4 Å². The fraction of sp³-hybridized carbons (Fsp3) is 0.222. The Bertz CT molecular complexity index is 1220. The maximum atomic E-state index is 13.6. The van der Waals surface area contributed by atoms with Gasteiger partial charge in [0.2, 0.25) is 0 Å². The lowest BCUT2D eigenvalue weighted by Gasteiger charge is -2.30. The van der Waals surface area contributed by atoms with Gasteiger partial charge in [0.1, 0.15) is 5.75 Å². The zero-order valence-electron chi connectivity index (χ0n) is 18.2. The molecule has 0 spiro atoms. The molecule has 0 radical (unpaired) electrons. The summed E-state index contributed by atoms with van der Waals surface area (Å²) in [6.07, 6.45) is 1.13. The van der Waals surface area contributed by atoms with Gasteiger partial charge in [0.05, 0.1) is 24.0 Å². The van der Waals surface area contributed by atoms with Crippen LogP contribution in [0.4, 0.5) is 11.4 Å². The van der Waals surface area contributed by atoms with Gasteiger partial charge in [-0.15, -0.1) is 0 Å². The summed E-state index contributed by atoms with van der Waals surface area (Å²) in [5, 5.41) is 8.15. The normalized spacial score (nSPS) is 19.7. The smallest absolute Gasteiger partial charge is 0.163 e. The molecule has 2 aliphatic rings. The lowest BCUT2D eigenvalue weighted by Crippen LogP contribution is -2.27. The van der Waals surface area contributed by atoms with Crippen LogP contribution in [0.1, 0.15) is 42.9 Å².